The minimum Gasteiger partial charge on any atom is -0.356 e. The second-order valence-electron chi connectivity index (χ2n) is 6.53. The molecule has 1 fully saturated rings. The Kier molecular flexibility index (Phi) is 8.17. The monoisotopic (exact) mass is 332 g/mol. The second-order valence-corrected chi connectivity index (χ2v) is 8.79. The van der Waals surface area contributed by atoms with E-state index < -0.39 is 9.84 Å². The van der Waals surface area contributed by atoms with Crippen LogP contribution in [-0.4, -0.2) is 70.6 Å². The maximum Gasteiger partial charge on any atom is 0.191 e. The summed E-state index contributed by atoms with van der Waals surface area (Å²) in [4.78, 5) is 6.72. The molecule has 0 spiro atoms. The van der Waals surface area contributed by atoms with Gasteiger partial charge in [0, 0.05) is 32.4 Å². The van der Waals surface area contributed by atoms with Crippen molar-refractivity contribution in [3.63, 3.8) is 0 Å². The van der Waals surface area contributed by atoms with Gasteiger partial charge in [-0.15, -0.1) is 0 Å². The third kappa shape index (κ3) is 8.58. The molecule has 0 aromatic carbocycles. The Labute approximate surface area is 135 Å². The van der Waals surface area contributed by atoms with Crippen molar-refractivity contribution >= 4 is 15.8 Å². The Morgan fingerprint density at radius 3 is 2.45 bits per heavy atom. The highest BCUT2D eigenvalue weighted by atomic mass is 32.2. The Morgan fingerprint density at radius 2 is 1.91 bits per heavy atom. The zero-order valence-electron chi connectivity index (χ0n) is 14.4. The van der Waals surface area contributed by atoms with Crippen LogP contribution in [0.1, 0.15) is 33.1 Å². The van der Waals surface area contributed by atoms with Gasteiger partial charge >= 0.3 is 0 Å². The van der Waals surface area contributed by atoms with E-state index in [2.05, 4.69) is 27.4 Å². The lowest BCUT2D eigenvalue weighted by atomic mass is 10.1. The summed E-state index contributed by atoms with van der Waals surface area (Å²) in [6.07, 6.45) is 4.50. The Balaban J connectivity index is 2.26. The first-order valence-corrected chi connectivity index (χ1v) is 10.2. The van der Waals surface area contributed by atoms with Crippen molar-refractivity contribution in [1.82, 2.24) is 15.5 Å². The normalized spacial score (nSPS) is 19.9. The van der Waals surface area contributed by atoms with Crippen molar-refractivity contribution in [3.8, 4) is 0 Å². The molecule has 6 nitrogen and oxygen atoms in total. The Morgan fingerprint density at radius 1 is 1.27 bits per heavy atom. The summed E-state index contributed by atoms with van der Waals surface area (Å²) in [5.41, 5.74) is 0. The van der Waals surface area contributed by atoms with Crippen molar-refractivity contribution < 1.29 is 8.42 Å². The number of aliphatic imine (C=N–C) groups is 1. The highest BCUT2D eigenvalue weighted by Gasteiger charge is 2.15. The number of nitrogens with one attached hydrogen (secondary N) is 2. The molecule has 0 aliphatic carbocycles. The highest BCUT2D eigenvalue weighted by molar-refractivity contribution is 7.90. The first kappa shape index (κ1) is 19.2. The van der Waals surface area contributed by atoms with Gasteiger partial charge in [0.05, 0.1) is 5.75 Å². The fraction of sp³-hybridized carbons (Fsp3) is 0.933. The number of hydrogen-bond acceptors (Lipinski definition) is 4. The average Bonchev–Trinajstić information content (AvgIpc) is 2.93. The molecule has 1 rings (SSSR count). The van der Waals surface area contributed by atoms with Crippen molar-refractivity contribution in [2.75, 3.05) is 45.2 Å². The third-order valence-corrected chi connectivity index (χ3v) is 4.89. The summed E-state index contributed by atoms with van der Waals surface area (Å²) in [6, 6.07) is 0.0785. The number of nitrogens with zero attached hydrogens (tertiary/aromatic N) is 2. The standard InChI is InChI=1S/C15H32N4O2S/c1-13(12-19-8-5-6-9-19)11-17-15(16-3)18-14(2)7-10-22(4,20)21/h13-14H,5-12H2,1-4H3,(H2,16,17,18). The van der Waals surface area contributed by atoms with Gasteiger partial charge in [0.2, 0.25) is 0 Å². The van der Waals surface area contributed by atoms with Crippen LogP contribution in [0, 0.1) is 5.92 Å². The summed E-state index contributed by atoms with van der Waals surface area (Å²) in [7, 11) is -1.17. The lowest BCUT2D eigenvalue weighted by molar-refractivity contribution is 0.287. The van der Waals surface area contributed by atoms with Crippen LogP contribution in [0.25, 0.3) is 0 Å². The molecular formula is C15H32N4O2S. The van der Waals surface area contributed by atoms with E-state index in [1.165, 1.54) is 32.2 Å². The van der Waals surface area contributed by atoms with Gasteiger partial charge < -0.3 is 15.5 Å². The summed E-state index contributed by atoms with van der Waals surface area (Å²) < 4.78 is 22.4. The number of guanidine groups is 1. The topological polar surface area (TPSA) is 73.8 Å². The van der Waals surface area contributed by atoms with Gasteiger partial charge in [-0.25, -0.2) is 8.42 Å². The van der Waals surface area contributed by atoms with Gasteiger partial charge in [0.1, 0.15) is 9.84 Å². The van der Waals surface area contributed by atoms with Crippen molar-refractivity contribution in [1.29, 1.82) is 0 Å². The fourth-order valence-electron chi connectivity index (χ4n) is 2.63. The lowest BCUT2D eigenvalue weighted by Crippen LogP contribution is -2.45. The van der Waals surface area contributed by atoms with Crippen LogP contribution in [0.5, 0.6) is 0 Å². The Hall–Kier alpha value is -0.820. The van der Waals surface area contributed by atoms with E-state index in [0.717, 1.165) is 19.0 Å². The molecule has 1 heterocycles. The molecule has 7 heteroatoms. The van der Waals surface area contributed by atoms with Crippen LogP contribution >= 0.6 is 0 Å². The van der Waals surface area contributed by atoms with Gasteiger partial charge in [0.15, 0.2) is 5.96 Å². The van der Waals surface area contributed by atoms with E-state index >= 15 is 0 Å². The number of likely N-dealkylation sites (tertiary alicyclic amines) is 1. The molecule has 2 N–H and O–H groups in total. The molecular weight excluding hydrogens is 300 g/mol. The second kappa shape index (κ2) is 9.35. The van der Waals surface area contributed by atoms with E-state index in [1.54, 1.807) is 7.05 Å². The minimum atomic E-state index is -2.91. The van der Waals surface area contributed by atoms with Crippen LogP contribution in [0.15, 0.2) is 4.99 Å². The van der Waals surface area contributed by atoms with Crippen LogP contribution < -0.4 is 10.6 Å². The maximum absolute atomic E-state index is 11.2. The summed E-state index contributed by atoms with van der Waals surface area (Å²) in [6.45, 7) is 8.65. The Bertz CT molecular complexity index is 444. The van der Waals surface area contributed by atoms with Gasteiger partial charge in [-0.2, -0.15) is 0 Å². The third-order valence-electron chi connectivity index (χ3n) is 3.91. The zero-order valence-corrected chi connectivity index (χ0v) is 15.2. The van der Waals surface area contributed by atoms with Crippen molar-refractivity contribution in [3.05, 3.63) is 0 Å². The number of rotatable bonds is 8. The van der Waals surface area contributed by atoms with Crippen molar-refractivity contribution in [2.45, 2.75) is 39.2 Å². The summed E-state index contributed by atoms with van der Waals surface area (Å²) >= 11 is 0. The molecule has 1 aliphatic rings. The molecule has 0 aromatic rings. The predicted molar refractivity (Wildman–Crippen MR) is 93.1 cm³/mol. The number of hydrogen-bond donors (Lipinski definition) is 2. The van der Waals surface area contributed by atoms with E-state index in [1.807, 2.05) is 6.92 Å². The first-order valence-electron chi connectivity index (χ1n) is 8.17. The average molecular weight is 333 g/mol. The van der Waals surface area contributed by atoms with E-state index in [4.69, 9.17) is 0 Å². The van der Waals surface area contributed by atoms with E-state index in [9.17, 15) is 8.42 Å². The number of sulfone groups is 1. The van der Waals surface area contributed by atoms with E-state index in [0.29, 0.717) is 12.3 Å². The van der Waals surface area contributed by atoms with Gasteiger partial charge in [0.25, 0.3) is 0 Å². The molecule has 0 amide bonds. The smallest absolute Gasteiger partial charge is 0.191 e. The van der Waals surface area contributed by atoms with Crippen LogP contribution in [0.2, 0.25) is 0 Å². The highest BCUT2D eigenvalue weighted by Crippen LogP contribution is 2.09. The van der Waals surface area contributed by atoms with Crippen LogP contribution in [-0.2, 0) is 9.84 Å². The quantitative estimate of drug-likeness (QED) is 0.506. The molecule has 2 atom stereocenters. The van der Waals surface area contributed by atoms with Crippen LogP contribution in [0.3, 0.4) is 0 Å². The summed E-state index contributed by atoms with van der Waals surface area (Å²) in [5, 5.41) is 6.58. The van der Waals surface area contributed by atoms with Crippen molar-refractivity contribution in [2.24, 2.45) is 10.9 Å². The SMILES string of the molecule is CN=C(NCC(C)CN1CCCC1)NC(C)CCS(C)(=O)=O. The largest absolute Gasteiger partial charge is 0.356 e. The fourth-order valence-corrected chi connectivity index (χ4v) is 3.41. The molecule has 0 radical (unpaired) electrons. The van der Waals surface area contributed by atoms with Crippen LogP contribution in [0.4, 0.5) is 0 Å². The predicted octanol–water partition coefficient (Wildman–Crippen LogP) is 0.707. The summed E-state index contributed by atoms with van der Waals surface area (Å²) in [5.74, 6) is 1.50. The molecule has 1 aliphatic heterocycles. The molecule has 22 heavy (non-hydrogen) atoms. The maximum atomic E-state index is 11.2. The van der Waals surface area contributed by atoms with Gasteiger partial charge in [-0.3, -0.25) is 4.99 Å². The van der Waals surface area contributed by atoms with Gasteiger partial charge in [-0.1, -0.05) is 6.92 Å². The minimum absolute atomic E-state index is 0.0785. The molecule has 2 unspecified atom stereocenters. The van der Waals surface area contributed by atoms with Gasteiger partial charge in [-0.05, 0) is 45.2 Å². The lowest BCUT2D eigenvalue weighted by Gasteiger charge is -2.22. The molecule has 0 bridgehead atoms. The molecule has 1 saturated heterocycles. The molecule has 130 valence electrons. The first-order chi connectivity index (χ1) is 10.3. The zero-order chi connectivity index (χ0) is 16.6. The molecule has 0 aromatic heterocycles. The molecule has 0 saturated carbocycles. The van der Waals surface area contributed by atoms with E-state index in [-0.39, 0.29) is 11.8 Å².